The molecular formula is C10H6ClF6NO. The van der Waals surface area contributed by atoms with Crippen LogP contribution in [-0.2, 0) is 6.18 Å². The Morgan fingerprint density at radius 2 is 1.74 bits per heavy atom. The van der Waals surface area contributed by atoms with E-state index in [1.165, 1.54) is 0 Å². The summed E-state index contributed by atoms with van der Waals surface area (Å²) < 4.78 is 72.5. The highest BCUT2D eigenvalue weighted by Crippen LogP contribution is 2.30. The van der Waals surface area contributed by atoms with Crippen molar-refractivity contribution >= 4 is 17.4 Å². The van der Waals surface area contributed by atoms with Gasteiger partial charge in [0.25, 0.3) is 0 Å². The Bertz CT molecular complexity index is 482. The van der Waals surface area contributed by atoms with Gasteiger partial charge in [-0.3, -0.25) is 4.79 Å². The lowest BCUT2D eigenvalue weighted by Crippen LogP contribution is -2.13. The molecule has 2 nitrogen and oxygen atoms in total. The Kier molecular flexibility index (Phi) is 4.44. The summed E-state index contributed by atoms with van der Waals surface area (Å²) in [6, 6.07) is 1.21. The van der Waals surface area contributed by atoms with Crippen molar-refractivity contribution in [2.24, 2.45) is 0 Å². The molecule has 0 amide bonds. The summed E-state index contributed by atoms with van der Waals surface area (Å²) in [5.74, 6) is -1.01. The lowest BCUT2D eigenvalue weighted by molar-refractivity contribution is -0.141. The van der Waals surface area contributed by atoms with Gasteiger partial charge in [0.1, 0.15) is 10.8 Å². The highest BCUT2D eigenvalue weighted by molar-refractivity contribution is 6.32. The molecule has 0 bridgehead atoms. The molecule has 106 valence electrons. The summed E-state index contributed by atoms with van der Waals surface area (Å²) in [7, 11) is 0. The van der Waals surface area contributed by atoms with Crippen molar-refractivity contribution in [3.8, 4) is 0 Å². The SMILES string of the molecule is O=C(CCC(F)(F)F)c1ccc(C(F)(F)F)nc1Cl. The third-order valence-electron chi connectivity index (χ3n) is 2.08. The molecule has 0 spiro atoms. The average Bonchev–Trinajstić information content (AvgIpc) is 2.23. The van der Waals surface area contributed by atoms with E-state index in [2.05, 4.69) is 4.98 Å². The molecule has 1 aromatic rings. The van der Waals surface area contributed by atoms with Crippen LogP contribution in [0.4, 0.5) is 26.3 Å². The molecule has 0 radical (unpaired) electrons. The van der Waals surface area contributed by atoms with E-state index < -0.39 is 47.4 Å². The highest BCUT2D eigenvalue weighted by atomic mass is 35.5. The van der Waals surface area contributed by atoms with Crippen LogP contribution >= 0.6 is 11.6 Å². The summed E-state index contributed by atoms with van der Waals surface area (Å²) in [4.78, 5) is 14.3. The standard InChI is InChI=1S/C10H6ClF6NO/c11-8-5(6(19)3-4-9(12,13)14)1-2-7(18-8)10(15,16)17/h1-2H,3-4H2. The first-order valence-corrected chi connectivity index (χ1v) is 5.22. The number of rotatable bonds is 3. The number of Topliss-reactive ketones (excluding diaryl/α,β-unsaturated/α-hetero) is 1. The van der Waals surface area contributed by atoms with Crippen LogP contribution in [-0.4, -0.2) is 16.9 Å². The highest BCUT2D eigenvalue weighted by Gasteiger charge is 2.34. The summed E-state index contributed by atoms with van der Waals surface area (Å²) in [6.45, 7) is 0. The van der Waals surface area contributed by atoms with Gasteiger partial charge in [0, 0.05) is 6.42 Å². The predicted octanol–water partition coefficient (Wildman–Crippen LogP) is 4.28. The molecule has 0 unspecified atom stereocenters. The minimum Gasteiger partial charge on any atom is -0.294 e. The van der Waals surface area contributed by atoms with E-state index in [-0.39, 0.29) is 0 Å². The molecule has 19 heavy (non-hydrogen) atoms. The zero-order valence-corrected chi connectivity index (χ0v) is 9.83. The Morgan fingerprint density at radius 3 is 2.16 bits per heavy atom. The van der Waals surface area contributed by atoms with Gasteiger partial charge in [-0.05, 0) is 12.1 Å². The molecule has 0 aliphatic heterocycles. The first-order chi connectivity index (χ1) is 8.50. The quantitative estimate of drug-likeness (QED) is 0.474. The third kappa shape index (κ3) is 4.70. The topological polar surface area (TPSA) is 30.0 Å². The summed E-state index contributed by atoms with van der Waals surface area (Å²) in [5, 5.41) is -0.762. The molecule has 0 fully saturated rings. The van der Waals surface area contributed by atoms with Crippen LogP contribution < -0.4 is 0 Å². The molecule has 0 aliphatic rings. The van der Waals surface area contributed by atoms with Crippen molar-refractivity contribution in [2.45, 2.75) is 25.2 Å². The van der Waals surface area contributed by atoms with Gasteiger partial charge in [0.2, 0.25) is 0 Å². The molecule has 1 aromatic heterocycles. The maximum Gasteiger partial charge on any atom is 0.433 e. The number of carbonyl (C=O) groups is 1. The number of halogens is 7. The monoisotopic (exact) mass is 305 g/mol. The Balaban J connectivity index is 2.88. The second-order valence-corrected chi connectivity index (χ2v) is 3.93. The van der Waals surface area contributed by atoms with Gasteiger partial charge in [-0.1, -0.05) is 11.6 Å². The van der Waals surface area contributed by atoms with Crippen LogP contribution in [0.5, 0.6) is 0 Å². The minimum absolute atomic E-state index is 0.459. The number of alkyl halides is 6. The van der Waals surface area contributed by atoms with Crippen LogP contribution in [0, 0.1) is 0 Å². The van der Waals surface area contributed by atoms with Gasteiger partial charge in [-0.25, -0.2) is 4.98 Å². The number of nitrogens with zero attached hydrogens (tertiary/aromatic N) is 1. The Morgan fingerprint density at radius 1 is 1.16 bits per heavy atom. The van der Waals surface area contributed by atoms with Gasteiger partial charge in [-0.2, -0.15) is 26.3 Å². The number of hydrogen-bond donors (Lipinski definition) is 0. The van der Waals surface area contributed by atoms with Crippen molar-refractivity contribution in [3.05, 3.63) is 28.5 Å². The zero-order chi connectivity index (χ0) is 14.8. The van der Waals surface area contributed by atoms with E-state index in [0.717, 1.165) is 6.07 Å². The Labute approximate surface area is 108 Å². The molecule has 0 saturated carbocycles. The third-order valence-corrected chi connectivity index (χ3v) is 2.36. The molecule has 1 heterocycles. The molecule has 0 N–H and O–H groups in total. The van der Waals surface area contributed by atoms with Crippen molar-refractivity contribution < 1.29 is 31.1 Å². The fourth-order valence-corrected chi connectivity index (χ4v) is 1.45. The molecule has 0 atom stereocenters. The van der Waals surface area contributed by atoms with Gasteiger partial charge < -0.3 is 0 Å². The van der Waals surface area contributed by atoms with Gasteiger partial charge >= 0.3 is 12.4 Å². The van der Waals surface area contributed by atoms with Crippen LogP contribution in [0.3, 0.4) is 0 Å². The lowest BCUT2D eigenvalue weighted by atomic mass is 10.1. The maximum absolute atomic E-state index is 12.3. The second-order valence-electron chi connectivity index (χ2n) is 3.57. The summed E-state index contributed by atoms with van der Waals surface area (Å²) in [5.41, 5.74) is -1.77. The van der Waals surface area contributed by atoms with Crippen LogP contribution in [0.1, 0.15) is 28.9 Å². The fourth-order valence-electron chi connectivity index (χ4n) is 1.19. The van der Waals surface area contributed by atoms with Crippen molar-refractivity contribution in [1.82, 2.24) is 4.98 Å². The largest absolute Gasteiger partial charge is 0.433 e. The maximum atomic E-state index is 12.3. The van der Waals surface area contributed by atoms with E-state index >= 15 is 0 Å². The first kappa shape index (κ1) is 15.7. The average molecular weight is 306 g/mol. The number of hydrogen-bond acceptors (Lipinski definition) is 2. The normalized spacial score (nSPS) is 12.6. The molecule has 0 aliphatic carbocycles. The number of ketones is 1. The summed E-state index contributed by atoms with van der Waals surface area (Å²) in [6.07, 6.45) is -11.5. The van der Waals surface area contributed by atoms with Crippen LogP contribution in [0.25, 0.3) is 0 Å². The lowest BCUT2D eigenvalue weighted by Gasteiger charge is -2.09. The van der Waals surface area contributed by atoms with E-state index in [1.807, 2.05) is 0 Å². The number of aromatic nitrogens is 1. The van der Waals surface area contributed by atoms with Gasteiger partial charge in [0.15, 0.2) is 5.78 Å². The van der Waals surface area contributed by atoms with Crippen molar-refractivity contribution in [3.63, 3.8) is 0 Å². The minimum atomic E-state index is -4.74. The molecular weight excluding hydrogens is 300 g/mol. The van der Waals surface area contributed by atoms with Gasteiger partial charge in [-0.15, -0.1) is 0 Å². The smallest absolute Gasteiger partial charge is 0.294 e. The van der Waals surface area contributed by atoms with Crippen LogP contribution in [0.15, 0.2) is 12.1 Å². The van der Waals surface area contributed by atoms with E-state index in [9.17, 15) is 31.1 Å². The summed E-state index contributed by atoms with van der Waals surface area (Å²) >= 11 is 5.37. The second kappa shape index (κ2) is 5.36. The van der Waals surface area contributed by atoms with E-state index in [4.69, 9.17) is 11.6 Å². The molecule has 0 aromatic carbocycles. The van der Waals surface area contributed by atoms with Crippen LogP contribution in [0.2, 0.25) is 5.15 Å². The first-order valence-electron chi connectivity index (χ1n) is 4.84. The predicted molar refractivity (Wildman–Crippen MR) is 53.9 cm³/mol. The van der Waals surface area contributed by atoms with Crippen molar-refractivity contribution in [2.75, 3.05) is 0 Å². The number of pyridine rings is 1. The fraction of sp³-hybridized carbons (Fsp3) is 0.400. The number of carbonyl (C=O) groups excluding carboxylic acids is 1. The zero-order valence-electron chi connectivity index (χ0n) is 9.07. The molecule has 9 heteroatoms. The van der Waals surface area contributed by atoms with Crippen molar-refractivity contribution in [1.29, 1.82) is 0 Å². The molecule has 1 rings (SSSR count). The van der Waals surface area contributed by atoms with Gasteiger partial charge in [0.05, 0.1) is 12.0 Å². The molecule has 0 saturated heterocycles. The van der Waals surface area contributed by atoms with E-state index in [1.54, 1.807) is 0 Å². The Hall–Kier alpha value is -1.31. The van der Waals surface area contributed by atoms with E-state index in [0.29, 0.717) is 6.07 Å².